The molecule has 0 aromatic carbocycles. The number of hydrogen-bond acceptors (Lipinski definition) is 6. The zero-order valence-corrected chi connectivity index (χ0v) is 11.9. The topological polar surface area (TPSA) is 99.8 Å². The van der Waals surface area contributed by atoms with Crippen LogP contribution >= 0.6 is 0 Å². The van der Waals surface area contributed by atoms with E-state index in [1.165, 1.54) is 6.20 Å². The van der Waals surface area contributed by atoms with Gasteiger partial charge in [0.25, 0.3) is 5.69 Å². The predicted octanol–water partition coefficient (Wildman–Crippen LogP) is 0.895. The van der Waals surface area contributed by atoms with Gasteiger partial charge in [-0.05, 0) is 19.4 Å². The van der Waals surface area contributed by atoms with Crippen LogP contribution in [0.15, 0.2) is 12.3 Å². The van der Waals surface area contributed by atoms with Crippen molar-refractivity contribution >= 4 is 17.5 Å². The molecular formula is C13H18N4O4. The Balaban J connectivity index is 2.07. The van der Waals surface area contributed by atoms with Gasteiger partial charge < -0.3 is 10.0 Å². The number of hydrogen-bond donors (Lipinski definition) is 1. The summed E-state index contributed by atoms with van der Waals surface area (Å²) in [5.41, 5.74) is 0.595. The van der Waals surface area contributed by atoms with E-state index in [1.807, 2.05) is 9.80 Å². The molecule has 8 heteroatoms. The Morgan fingerprint density at radius 1 is 1.43 bits per heavy atom. The van der Waals surface area contributed by atoms with Crippen molar-refractivity contribution in [2.24, 2.45) is 0 Å². The maximum Gasteiger partial charge on any atom is 0.317 e. The van der Waals surface area contributed by atoms with Crippen LogP contribution in [0.1, 0.15) is 12.0 Å². The summed E-state index contributed by atoms with van der Waals surface area (Å²) >= 11 is 0. The van der Waals surface area contributed by atoms with Crippen LogP contribution in [-0.2, 0) is 4.79 Å². The van der Waals surface area contributed by atoms with E-state index in [1.54, 1.807) is 13.0 Å². The molecular weight excluding hydrogens is 276 g/mol. The first-order chi connectivity index (χ1) is 9.97. The molecule has 0 atom stereocenters. The average molecular weight is 294 g/mol. The minimum atomic E-state index is -0.826. The second-order valence-corrected chi connectivity index (χ2v) is 5.10. The van der Waals surface area contributed by atoms with Crippen molar-refractivity contribution in [1.82, 2.24) is 9.88 Å². The molecule has 1 saturated heterocycles. The third-order valence-corrected chi connectivity index (χ3v) is 3.54. The number of carboxylic acids is 1. The van der Waals surface area contributed by atoms with Gasteiger partial charge in [0.2, 0.25) is 0 Å². The standard InChI is InChI=1S/C13H18N4O4/c1-10-7-12(14-8-11(10)17(20)21)16-4-2-3-15(5-6-16)9-13(18)19/h7-8H,2-6,9H2,1H3,(H,18,19). The molecule has 0 bridgehead atoms. The normalized spacial score (nSPS) is 16.5. The molecule has 0 aliphatic carbocycles. The number of anilines is 1. The molecule has 1 aromatic rings. The van der Waals surface area contributed by atoms with Crippen molar-refractivity contribution in [3.63, 3.8) is 0 Å². The van der Waals surface area contributed by atoms with E-state index in [-0.39, 0.29) is 12.2 Å². The lowest BCUT2D eigenvalue weighted by Crippen LogP contribution is -2.34. The number of aliphatic carboxylic acids is 1. The Bertz CT molecular complexity index is 549. The van der Waals surface area contributed by atoms with Crippen LogP contribution in [0, 0.1) is 17.0 Å². The number of carbonyl (C=O) groups is 1. The summed E-state index contributed by atoms with van der Waals surface area (Å²) in [6.07, 6.45) is 2.12. The zero-order valence-electron chi connectivity index (χ0n) is 11.9. The fourth-order valence-electron chi connectivity index (χ4n) is 2.45. The van der Waals surface area contributed by atoms with Crippen LogP contribution in [0.4, 0.5) is 11.5 Å². The molecule has 1 fully saturated rings. The molecule has 8 nitrogen and oxygen atoms in total. The second kappa shape index (κ2) is 6.49. The molecule has 114 valence electrons. The first-order valence-electron chi connectivity index (χ1n) is 6.77. The average Bonchev–Trinajstić information content (AvgIpc) is 2.63. The van der Waals surface area contributed by atoms with Crippen molar-refractivity contribution in [3.05, 3.63) is 27.9 Å². The molecule has 1 aromatic heterocycles. The Hall–Kier alpha value is -2.22. The van der Waals surface area contributed by atoms with Crippen LogP contribution in [0.2, 0.25) is 0 Å². The van der Waals surface area contributed by atoms with Gasteiger partial charge >= 0.3 is 5.97 Å². The van der Waals surface area contributed by atoms with Gasteiger partial charge in [0, 0.05) is 31.7 Å². The van der Waals surface area contributed by atoms with Gasteiger partial charge in [0.15, 0.2) is 0 Å². The molecule has 0 spiro atoms. The van der Waals surface area contributed by atoms with E-state index in [2.05, 4.69) is 4.98 Å². The van der Waals surface area contributed by atoms with Gasteiger partial charge in [0.05, 0.1) is 11.5 Å². The molecule has 2 heterocycles. The number of pyridine rings is 1. The van der Waals surface area contributed by atoms with Crippen molar-refractivity contribution in [2.45, 2.75) is 13.3 Å². The molecule has 2 rings (SSSR count). The van der Waals surface area contributed by atoms with E-state index in [0.29, 0.717) is 24.5 Å². The van der Waals surface area contributed by atoms with Crippen molar-refractivity contribution in [1.29, 1.82) is 0 Å². The number of rotatable bonds is 4. The van der Waals surface area contributed by atoms with Crippen molar-refractivity contribution < 1.29 is 14.8 Å². The van der Waals surface area contributed by atoms with Gasteiger partial charge in [-0.1, -0.05) is 0 Å². The first kappa shape index (κ1) is 15.2. The molecule has 1 N–H and O–H groups in total. The molecule has 0 unspecified atom stereocenters. The summed E-state index contributed by atoms with van der Waals surface area (Å²) in [4.78, 5) is 29.2. The van der Waals surface area contributed by atoms with E-state index < -0.39 is 10.9 Å². The number of nitrogens with zero attached hydrogens (tertiary/aromatic N) is 4. The minimum absolute atomic E-state index is 0.0149. The van der Waals surface area contributed by atoms with Gasteiger partial charge in [-0.25, -0.2) is 4.98 Å². The maximum absolute atomic E-state index is 10.8. The minimum Gasteiger partial charge on any atom is -0.480 e. The van der Waals surface area contributed by atoms with Gasteiger partial charge in [-0.15, -0.1) is 0 Å². The van der Waals surface area contributed by atoms with E-state index in [0.717, 1.165) is 19.5 Å². The maximum atomic E-state index is 10.8. The lowest BCUT2D eigenvalue weighted by molar-refractivity contribution is -0.385. The van der Waals surface area contributed by atoms with E-state index in [4.69, 9.17) is 5.11 Å². The van der Waals surface area contributed by atoms with Gasteiger partial charge in [-0.2, -0.15) is 0 Å². The third kappa shape index (κ3) is 3.88. The molecule has 0 radical (unpaired) electrons. The Morgan fingerprint density at radius 2 is 2.19 bits per heavy atom. The first-order valence-corrected chi connectivity index (χ1v) is 6.77. The highest BCUT2D eigenvalue weighted by molar-refractivity contribution is 5.69. The second-order valence-electron chi connectivity index (χ2n) is 5.10. The van der Waals surface area contributed by atoms with Crippen LogP contribution in [-0.4, -0.2) is 58.6 Å². The van der Waals surface area contributed by atoms with Crippen molar-refractivity contribution in [2.75, 3.05) is 37.6 Å². The molecule has 0 amide bonds. The van der Waals surface area contributed by atoms with E-state index in [9.17, 15) is 14.9 Å². The summed E-state index contributed by atoms with van der Waals surface area (Å²) in [5.74, 6) is -0.122. The summed E-state index contributed by atoms with van der Waals surface area (Å²) in [5, 5.41) is 19.6. The fourth-order valence-corrected chi connectivity index (χ4v) is 2.45. The summed E-state index contributed by atoms with van der Waals surface area (Å²) in [6, 6.07) is 1.71. The Labute approximate surface area is 122 Å². The summed E-state index contributed by atoms with van der Waals surface area (Å²) in [6.45, 7) is 4.54. The number of nitro groups is 1. The quantitative estimate of drug-likeness (QED) is 0.650. The third-order valence-electron chi connectivity index (χ3n) is 3.54. The highest BCUT2D eigenvalue weighted by Gasteiger charge is 2.19. The largest absolute Gasteiger partial charge is 0.480 e. The molecule has 1 aliphatic heterocycles. The lowest BCUT2D eigenvalue weighted by Gasteiger charge is -2.22. The molecule has 1 aliphatic rings. The fraction of sp³-hybridized carbons (Fsp3) is 0.538. The number of aromatic nitrogens is 1. The highest BCUT2D eigenvalue weighted by atomic mass is 16.6. The Kier molecular flexibility index (Phi) is 4.69. The number of carboxylic acid groups (broad SMARTS) is 1. The monoisotopic (exact) mass is 294 g/mol. The van der Waals surface area contributed by atoms with Crippen LogP contribution in [0.25, 0.3) is 0 Å². The SMILES string of the molecule is Cc1cc(N2CCCN(CC(=O)O)CC2)ncc1[N+](=O)[O-]. The predicted molar refractivity (Wildman–Crippen MR) is 76.5 cm³/mol. The lowest BCUT2D eigenvalue weighted by atomic mass is 10.2. The Morgan fingerprint density at radius 3 is 2.81 bits per heavy atom. The van der Waals surface area contributed by atoms with Gasteiger partial charge in [0.1, 0.15) is 12.0 Å². The van der Waals surface area contributed by atoms with Crippen LogP contribution < -0.4 is 4.90 Å². The number of aryl methyl sites for hydroxylation is 1. The highest BCUT2D eigenvalue weighted by Crippen LogP contribution is 2.22. The van der Waals surface area contributed by atoms with Crippen molar-refractivity contribution in [3.8, 4) is 0 Å². The summed E-state index contributed by atoms with van der Waals surface area (Å²) < 4.78 is 0. The van der Waals surface area contributed by atoms with Crippen LogP contribution in [0.3, 0.4) is 0 Å². The van der Waals surface area contributed by atoms with Crippen LogP contribution in [0.5, 0.6) is 0 Å². The van der Waals surface area contributed by atoms with E-state index >= 15 is 0 Å². The molecule has 0 saturated carbocycles. The summed E-state index contributed by atoms with van der Waals surface area (Å²) in [7, 11) is 0. The zero-order chi connectivity index (χ0) is 15.4. The smallest absolute Gasteiger partial charge is 0.317 e. The van der Waals surface area contributed by atoms with Gasteiger partial charge in [-0.3, -0.25) is 19.8 Å². The molecule has 21 heavy (non-hydrogen) atoms.